The van der Waals surface area contributed by atoms with Gasteiger partial charge in [0.25, 0.3) is 5.56 Å². The molecule has 3 aromatic rings. The Morgan fingerprint density at radius 1 is 1.29 bits per heavy atom. The van der Waals surface area contributed by atoms with Crippen LogP contribution >= 0.6 is 11.3 Å². The van der Waals surface area contributed by atoms with Crippen molar-refractivity contribution in [1.29, 1.82) is 0 Å². The van der Waals surface area contributed by atoms with Gasteiger partial charge in [-0.05, 0) is 44.9 Å². The maximum Gasteiger partial charge on any atom is 0.329 e. The Bertz CT molecular complexity index is 1070. The molecule has 1 unspecified atom stereocenters. The Hall–Kier alpha value is -2.54. The Morgan fingerprint density at radius 2 is 1.96 bits per heavy atom. The van der Waals surface area contributed by atoms with E-state index in [1.54, 1.807) is 26.0 Å². The van der Waals surface area contributed by atoms with Gasteiger partial charge in [-0.2, -0.15) is 0 Å². The number of aromatic nitrogens is 2. The number of hydrogen-bond donors (Lipinski definition) is 0. The van der Waals surface area contributed by atoms with E-state index in [-0.39, 0.29) is 11.4 Å². The summed E-state index contributed by atoms with van der Waals surface area (Å²) >= 11 is 1.42. The minimum Gasteiger partial charge on any atom is -0.464 e. The molecule has 0 saturated heterocycles. The van der Waals surface area contributed by atoms with Crippen molar-refractivity contribution in [3.63, 3.8) is 0 Å². The molecule has 148 valence electrons. The molecule has 2 heterocycles. The average Bonchev–Trinajstić information content (AvgIpc) is 2.98. The Kier molecular flexibility index (Phi) is 5.93. The van der Waals surface area contributed by atoms with E-state index in [0.717, 1.165) is 28.8 Å². The van der Waals surface area contributed by atoms with Crippen molar-refractivity contribution in [3.8, 4) is 11.1 Å². The number of fused-ring (bicyclic) bond motifs is 1. The van der Waals surface area contributed by atoms with E-state index in [1.165, 1.54) is 28.0 Å². The lowest BCUT2D eigenvalue weighted by Crippen LogP contribution is -2.32. The summed E-state index contributed by atoms with van der Waals surface area (Å²) in [5.41, 5.74) is 1.20. The summed E-state index contributed by atoms with van der Waals surface area (Å²) in [5, 5.41) is 0.452. The summed E-state index contributed by atoms with van der Waals surface area (Å²) in [6.45, 7) is 7.62. The van der Waals surface area contributed by atoms with E-state index in [1.807, 2.05) is 13.8 Å². The minimum atomic E-state index is -0.775. The summed E-state index contributed by atoms with van der Waals surface area (Å²) in [7, 11) is 0. The first kappa shape index (κ1) is 20.2. The van der Waals surface area contributed by atoms with Crippen LogP contribution in [0.4, 0.5) is 4.39 Å². The molecule has 7 heteroatoms. The van der Waals surface area contributed by atoms with Crippen LogP contribution in [0.25, 0.3) is 21.3 Å². The van der Waals surface area contributed by atoms with Gasteiger partial charge in [0.1, 0.15) is 22.5 Å². The highest BCUT2D eigenvalue weighted by molar-refractivity contribution is 7.19. The van der Waals surface area contributed by atoms with Crippen LogP contribution in [0.3, 0.4) is 0 Å². The maximum atomic E-state index is 13.3. The molecule has 1 aromatic carbocycles. The third-order valence-electron chi connectivity index (χ3n) is 4.71. The first-order chi connectivity index (χ1) is 13.3. The van der Waals surface area contributed by atoms with Crippen molar-refractivity contribution in [2.75, 3.05) is 6.61 Å². The molecule has 0 amide bonds. The number of esters is 1. The molecule has 0 aliphatic rings. The van der Waals surface area contributed by atoms with Crippen molar-refractivity contribution in [2.24, 2.45) is 0 Å². The van der Waals surface area contributed by atoms with E-state index in [0.29, 0.717) is 22.6 Å². The van der Waals surface area contributed by atoms with Gasteiger partial charge < -0.3 is 4.74 Å². The molecule has 0 aliphatic carbocycles. The number of carbonyl (C=O) groups is 1. The molecular formula is C21H23FN2O3S. The quantitative estimate of drug-likeness (QED) is 0.440. The Balaban J connectivity index is 2.13. The fourth-order valence-electron chi connectivity index (χ4n) is 3.24. The molecule has 3 rings (SSSR count). The zero-order valence-corrected chi connectivity index (χ0v) is 17.2. The summed E-state index contributed by atoms with van der Waals surface area (Å²) in [6, 6.07) is 5.26. The van der Waals surface area contributed by atoms with Crippen LogP contribution in [-0.2, 0) is 9.53 Å². The molecule has 5 nitrogen and oxygen atoms in total. The number of carbonyl (C=O) groups excluding carboxylic acids is 1. The van der Waals surface area contributed by atoms with Crippen LogP contribution < -0.4 is 5.56 Å². The van der Waals surface area contributed by atoms with E-state index in [4.69, 9.17) is 4.74 Å². The highest BCUT2D eigenvalue weighted by atomic mass is 32.1. The number of hydrogen-bond acceptors (Lipinski definition) is 5. The van der Waals surface area contributed by atoms with Crippen LogP contribution in [-0.4, -0.2) is 22.1 Å². The average molecular weight is 402 g/mol. The number of ether oxygens (including phenoxy) is 1. The number of benzene rings is 1. The lowest BCUT2D eigenvalue weighted by molar-refractivity contribution is -0.147. The SMILES string of the molecule is CCCCOC(=O)C(C)n1c(C)nc2sc(C)c(-c3ccc(F)cc3)c2c1=O. The van der Waals surface area contributed by atoms with E-state index in [2.05, 4.69) is 4.98 Å². The molecule has 0 N–H and O–H groups in total. The van der Waals surface area contributed by atoms with Crippen LogP contribution in [0.15, 0.2) is 29.1 Å². The molecule has 2 aromatic heterocycles. The second-order valence-corrected chi connectivity index (χ2v) is 7.95. The molecule has 0 radical (unpaired) electrons. The molecule has 0 bridgehead atoms. The van der Waals surface area contributed by atoms with Gasteiger partial charge in [-0.25, -0.2) is 14.2 Å². The van der Waals surface area contributed by atoms with E-state index >= 15 is 0 Å². The second kappa shape index (κ2) is 8.22. The predicted octanol–water partition coefficient (Wildman–Crippen LogP) is 4.79. The minimum absolute atomic E-state index is 0.286. The molecule has 0 saturated carbocycles. The summed E-state index contributed by atoms with van der Waals surface area (Å²) in [5.74, 6) is -0.324. The van der Waals surface area contributed by atoms with Crippen molar-refractivity contribution < 1.29 is 13.9 Å². The van der Waals surface area contributed by atoms with Gasteiger partial charge in [-0.1, -0.05) is 25.5 Å². The van der Waals surface area contributed by atoms with Crippen molar-refractivity contribution in [3.05, 3.63) is 51.1 Å². The molecule has 0 spiro atoms. The fraction of sp³-hybridized carbons (Fsp3) is 0.381. The molecule has 0 fully saturated rings. The predicted molar refractivity (Wildman–Crippen MR) is 109 cm³/mol. The number of rotatable bonds is 6. The van der Waals surface area contributed by atoms with Crippen LogP contribution in [0.2, 0.25) is 0 Å². The number of halogens is 1. The molecule has 1 atom stereocenters. The molecule has 28 heavy (non-hydrogen) atoms. The van der Waals surface area contributed by atoms with Gasteiger partial charge in [0, 0.05) is 10.4 Å². The first-order valence-corrected chi connectivity index (χ1v) is 10.1. The first-order valence-electron chi connectivity index (χ1n) is 9.30. The van der Waals surface area contributed by atoms with Gasteiger partial charge in [-0.3, -0.25) is 9.36 Å². The van der Waals surface area contributed by atoms with Gasteiger partial charge in [0.15, 0.2) is 0 Å². The molecular weight excluding hydrogens is 379 g/mol. The van der Waals surface area contributed by atoms with Gasteiger partial charge in [0.2, 0.25) is 0 Å². The number of unbranched alkanes of at least 4 members (excludes halogenated alkanes) is 1. The van der Waals surface area contributed by atoms with Crippen molar-refractivity contribution in [2.45, 2.75) is 46.6 Å². The third kappa shape index (κ3) is 3.71. The summed E-state index contributed by atoms with van der Waals surface area (Å²) in [4.78, 5) is 31.8. The second-order valence-electron chi connectivity index (χ2n) is 6.75. The van der Waals surface area contributed by atoms with E-state index < -0.39 is 12.0 Å². The highest BCUT2D eigenvalue weighted by Crippen LogP contribution is 2.36. The monoisotopic (exact) mass is 402 g/mol. The smallest absolute Gasteiger partial charge is 0.329 e. The number of nitrogens with zero attached hydrogens (tertiary/aromatic N) is 2. The third-order valence-corrected chi connectivity index (χ3v) is 5.71. The number of aryl methyl sites for hydroxylation is 2. The number of thiophene rings is 1. The zero-order chi connectivity index (χ0) is 20.4. The van der Waals surface area contributed by atoms with Crippen LogP contribution in [0, 0.1) is 19.7 Å². The zero-order valence-electron chi connectivity index (χ0n) is 16.4. The van der Waals surface area contributed by atoms with Crippen LogP contribution in [0.5, 0.6) is 0 Å². The summed E-state index contributed by atoms with van der Waals surface area (Å²) in [6.07, 6.45) is 1.70. The Labute approximate surface area is 166 Å². The van der Waals surface area contributed by atoms with Crippen molar-refractivity contribution >= 4 is 27.5 Å². The lowest BCUT2D eigenvalue weighted by atomic mass is 10.0. The summed E-state index contributed by atoms with van der Waals surface area (Å²) < 4.78 is 20.0. The topological polar surface area (TPSA) is 61.2 Å². The largest absolute Gasteiger partial charge is 0.464 e. The Morgan fingerprint density at radius 3 is 2.61 bits per heavy atom. The van der Waals surface area contributed by atoms with Crippen molar-refractivity contribution in [1.82, 2.24) is 9.55 Å². The normalized spacial score (nSPS) is 12.3. The van der Waals surface area contributed by atoms with E-state index in [9.17, 15) is 14.0 Å². The van der Waals surface area contributed by atoms with Gasteiger partial charge in [-0.15, -0.1) is 11.3 Å². The molecule has 0 aliphatic heterocycles. The standard InChI is InChI=1S/C21H23FN2O3S/c1-5-6-11-27-21(26)12(2)24-14(4)23-19-18(20(24)25)17(13(3)28-19)15-7-9-16(22)10-8-15/h7-10,12H,5-6,11H2,1-4H3. The van der Waals surface area contributed by atoms with Crippen LogP contribution in [0.1, 0.15) is 43.4 Å². The van der Waals surface area contributed by atoms with Gasteiger partial charge in [0.05, 0.1) is 12.0 Å². The highest BCUT2D eigenvalue weighted by Gasteiger charge is 2.24. The maximum absolute atomic E-state index is 13.3. The lowest BCUT2D eigenvalue weighted by Gasteiger charge is -2.17. The van der Waals surface area contributed by atoms with Gasteiger partial charge >= 0.3 is 5.97 Å². The fourth-order valence-corrected chi connectivity index (χ4v) is 4.32.